The minimum Gasteiger partial charge on any atom is -0.309 e. The van der Waals surface area contributed by atoms with Gasteiger partial charge in [0.1, 0.15) is 0 Å². The van der Waals surface area contributed by atoms with E-state index in [1.807, 2.05) is 0 Å². The SMILES string of the molecule is c1ccc(-n2c3ccccc3c3cc(-c4ccc(-c5ccc(-c6ccc(-c7ccc(-c8ccc9c(c8)c8ccccc8n9-c8cccc9ccccc89)cc7)cc6)cc5)cc4)ccc32)cc1.c1ccc(-n2c3ccccc3c3cc(-c4ccccc4-c4ccccc4-c4ccccc4-c4ccc5c(c4)c4ccccc4n5-c4cccc5ccccc45)ccc32)cc1. The van der Waals surface area contributed by atoms with Crippen LogP contribution < -0.4 is 0 Å². The Morgan fingerprint density at radius 1 is 0.111 bits per heavy atom. The maximum atomic E-state index is 2.44. The van der Waals surface area contributed by atoms with Crippen LogP contribution in [-0.4, -0.2) is 18.3 Å². The summed E-state index contributed by atoms with van der Waals surface area (Å²) in [6.07, 6.45) is 0. The molecule has 21 aromatic carbocycles. The monoisotopic (exact) mass is 1600 g/mol. The number of rotatable bonds is 13. The van der Waals surface area contributed by atoms with Crippen LogP contribution in [0.3, 0.4) is 0 Å². The molecule has 0 N–H and O–H groups in total. The average molecular weight is 1600 g/mol. The molecule has 0 bridgehead atoms. The van der Waals surface area contributed by atoms with E-state index in [1.54, 1.807) is 0 Å². The molecule has 0 spiro atoms. The van der Waals surface area contributed by atoms with Crippen molar-refractivity contribution < 1.29 is 0 Å². The quantitative estimate of drug-likeness (QED) is 0.110. The average Bonchev–Trinajstić information content (AvgIpc) is 1.59. The molecule has 0 aliphatic carbocycles. The van der Waals surface area contributed by atoms with Gasteiger partial charge in [-0.2, -0.15) is 0 Å². The predicted molar refractivity (Wildman–Crippen MR) is 534 cm³/mol. The molecule has 0 radical (unpaired) electrons. The Bertz CT molecular complexity index is 8530. The number of para-hydroxylation sites is 6. The van der Waals surface area contributed by atoms with Gasteiger partial charge in [0.25, 0.3) is 0 Å². The number of benzene rings is 21. The summed E-state index contributed by atoms with van der Waals surface area (Å²) < 4.78 is 9.60. The summed E-state index contributed by atoms with van der Waals surface area (Å²) in [6, 6.07) is 177. The van der Waals surface area contributed by atoms with Crippen LogP contribution in [0.5, 0.6) is 0 Å². The Morgan fingerprint density at radius 2 is 0.317 bits per heavy atom. The Morgan fingerprint density at radius 3 is 0.643 bits per heavy atom. The molecule has 4 heteroatoms. The van der Waals surface area contributed by atoms with Gasteiger partial charge in [-0.1, -0.05) is 376 Å². The van der Waals surface area contributed by atoms with Gasteiger partial charge in [-0.3, -0.25) is 0 Å². The zero-order valence-electron chi connectivity index (χ0n) is 69.0. The van der Waals surface area contributed by atoms with Gasteiger partial charge in [0.05, 0.1) is 55.5 Å². The van der Waals surface area contributed by atoms with E-state index in [9.17, 15) is 0 Å². The summed E-state index contributed by atoms with van der Waals surface area (Å²) >= 11 is 0. The summed E-state index contributed by atoms with van der Waals surface area (Å²) in [7, 11) is 0. The van der Waals surface area contributed by atoms with Crippen molar-refractivity contribution in [2.24, 2.45) is 0 Å². The molecule has 0 atom stereocenters. The van der Waals surface area contributed by atoms with Crippen LogP contribution in [0.15, 0.2) is 485 Å². The molecule has 0 amide bonds. The fourth-order valence-corrected chi connectivity index (χ4v) is 19.9. The highest BCUT2D eigenvalue weighted by molar-refractivity contribution is 6.16. The van der Waals surface area contributed by atoms with Crippen LogP contribution in [0.1, 0.15) is 0 Å². The van der Waals surface area contributed by atoms with Crippen molar-refractivity contribution >= 4 is 109 Å². The van der Waals surface area contributed by atoms with Crippen LogP contribution in [0.25, 0.3) is 232 Å². The fourth-order valence-electron chi connectivity index (χ4n) is 19.9. The Hall–Kier alpha value is -16.7. The summed E-state index contributed by atoms with van der Waals surface area (Å²) in [6.45, 7) is 0. The number of nitrogens with zero attached hydrogens (tertiary/aromatic N) is 4. The second-order valence-corrected chi connectivity index (χ2v) is 33.0. The Labute approximate surface area is 730 Å². The third-order valence-corrected chi connectivity index (χ3v) is 25.9. The largest absolute Gasteiger partial charge is 0.309 e. The van der Waals surface area contributed by atoms with Gasteiger partial charge in [-0.15, -0.1) is 0 Å². The van der Waals surface area contributed by atoms with Crippen molar-refractivity contribution in [3.05, 3.63) is 485 Å². The first-order chi connectivity index (χ1) is 62.5. The lowest BCUT2D eigenvalue weighted by molar-refractivity contribution is 1.18. The molecular weight excluding hydrogens is 1520 g/mol. The van der Waals surface area contributed by atoms with E-state index >= 15 is 0 Å². The van der Waals surface area contributed by atoms with Crippen molar-refractivity contribution in [3.8, 4) is 123 Å². The molecule has 588 valence electrons. The van der Waals surface area contributed by atoms with Crippen LogP contribution in [0.4, 0.5) is 0 Å². The molecule has 0 aliphatic heterocycles. The molecule has 0 saturated heterocycles. The molecule has 25 rings (SSSR count). The van der Waals surface area contributed by atoms with Crippen molar-refractivity contribution in [2.45, 2.75) is 0 Å². The number of hydrogen-bond donors (Lipinski definition) is 0. The van der Waals surface area contributed by atoms with E-state index in [2.05, 4.69) is 504 Å². The van der Waals surface area contributed by atoms with Crippen LogP contribution in [-0.2, 0) is 0 Å². The van der Waals surface area contributed by atoms with Gasteiger partial charge in [-0.25, -0.2) is 0 Å². The number of hydrogen-bond acceptors (Lipinski definition) is 0. The highest BCUT2D eigenvalue weighted by Gasteiger charge is 2.23. The predicted octanol–water partition coefficient (Wildman–Crippen LogP) is 33.1. The van der Waals surface area contributed by atoms with Crippen molar-refractivity contribution in [1.29, 1.82) is 0 Å². The minimum atomic E-state index is 1.17. The van der Waals surface area contributed by atoms with Crippen LogP contribution >= 0.6 is 0 Å². The van der Waals surface area contributed by atoms with Crippen molar-refractivity contribution in [1.82, 2.24) is 18.3 Å². The standard InChI is InChI=1S/C64H42N2.C58H38N2/c1-2-13-54(14-3-1)65-61-18-8-6-16-56(61)58-41-52(37-39-63(58)65)49-33-29-47(30-34-49)45-25-21-43(22-26-45)44-23-27-46(28-24-44)48-31-35-50(36-32-48)53-38-40-64-59(42-53)57-17-7-9-19-62(57)66(64)60-20-10-12-51-11-4-5-15-55(51)60;1-2-19-42(20-3-1)59-55-30-14-12-28-50(55)52-37-40(33-35-57(52)59)43-21-6-8-24-46(43)48-26-10-11-27-49(48)47-25-9-7-22-44(47)41-34-36-58-53(38-41)51-29-13-15-31-56(51)60(58)54-32-16-18-39-17-4-5-23-45(39)54/h1-42H;1-38H. The zero-order chi connectivity index (χ0) is 83.1. The summed E-state index contributed by atoms with van der Waals surface area (Å²) in [5, 5.41) is 15.0. The molecule has 126 heavy (non-hydrogen) atoms. The van der Waals surface area contributed by atoms with E-state index in [0.717, 1.165) is 0 Å². The second kappa shape index (κ2) is 30.8. The third kappa shape index (κ3) is 12.6. The van der Waals surface area contributed by atoms with Crippen LogP contribution in [0, 0.1) is 0 Å². The van der Waals surface area contributed by atoms with Gasteiger partial charge in [0.2, 0.25) is 0 Å². The van der Waals surface area contributed by atoms with Crippen molar-refractivity contribution in [3.63, 3.8) is 0 Å². The fraction of sp³-hybridized carbons (Fsp3) is 0. The molecule has 25 aromatic rings. The molecular formula is C122H80N4. The molecule has 4 nitrogen and oxygen atoms in total. The molecule has 0 aliphatic rings. The molecule has 4 heterocycles. The van der Waals surface area contributed by atoms with E-state index < -0.39 is 0 Å². The Kier molecular flexibility index (Phi) is 17.9. The lowest BCUT2D eigenvalue weighted by atomic mass is 9.86. The zero-order valence-corrected chi connectivity index (χ0v) is 69.0. The van der Waals surface area contributed by atoms with Crippen molar-refractivity contribution in [2.75, 3.05) is 0 Å². The van der Waals surface area contributed by atoms with E-state index in [1.165, 1.54) is 232 Å². The van der Waals surface area contributed by atoms with Gasteiger partial charge >= 0.3 is 0 Å². The molecule has 4 aromatic heterocycles. The van der Waals surface area contributed by atoms with E-state index in [-0.39, 0.29) is 0 Å². The lowest BCUT2D eigenvalue weighted by Gasteiger charge is -2.17. The first-order valence-electron chi connectivity index (χ1n) is 43.4. The third-order valence-electron chi connectivity index (χ3n) is 25.9. The summed E-state index contributed by atoms with van der Waals surface area (Å²) in [5.41, 5.74) is 36.2. The van der Waals surface area contributed by atoms with Crippen LogP contribution in [0.2, 0.25) is 0 Å². The molecule has 0 unspecified atom stereocenters. The van der Waals surface area contributed by atoms with E-state index in [4.69, 9.17) is 0 Å². The number of fused-ring (bicyclic) bond motifs is 14. The summed E-state index contributed by atoms with van der Waals surface area (Å²) in [5.74, 6) is 0. The Balaban J connectivity index is 0.000000142. The van der Waals surface area contributed by atoms with E-state index in [0.29, 0.717) is 0 Å². The first kappa shape index (κ1) is 73.3. The smallest absolute Gasteiger partial charge is 0.0541 e. The molecule has 0 fully saturated rings. The van der Waals surface area contributed by atoms with Gasteiger partial charge in [0.15, 0.2) is 0 Å². The summed E-state index contributed by atoms with van der Waals surface area (Å²) in [4.78, 5) is 0. The highest BCUT2D eigenvalue weighted by atomic mass is 15.0. The van der Waals surface area contributed by atoms with Gasteiger partial charge in [0, 0.05) is 65.2 Å². The second-order valence-electron chi connectivity index (χ2n) is 33.0. The maximum absolute atomic E-state index is 2.44. The number of aromatic nitrogens is 4. The maximum Gasteiger partial charge on any atom is 0.0541 e. The highest BCUT2D eigenvalue weighted by Crippen LogP contribution is 2.47. The topological polar surface area (TPSA) is 19.7 Å². The van der Waals surface area contributed by atoms with Gasteiger partial charge < -0.3 is 18.3 Å². The normalized spacial score (nSPS) is 11.7. The van der Waals surface area contributed by atoms with Gasteiger partial charge in [-0.05, 0) is 220 Å². The first-order valence-corrected chi connectivity index (χ1v) is 43.4. The minimum absolute atomic E-state index is 1.17. The molecule has 0 saturated carbocycles. The lowest BCUT2D eigenvalue weighted by Crippen LogP contribution is -1.95.